The minimum absolute atomic E-state index is 0.119. The van der Waals surface area contributed by atoms with Crippen LogP contribution in [0.2, 0.25) is 0 Å². The molecule has 0 heterocycles. The van der Waals surface area contributed by atoms with E-state index in [1.54, 1.807) is 7.05 Å². The SMILES string of the molecule is CN/C(Cc1ccccc1)=C(\N)C(=O)OC. The maximum atomic E-state index is 11.3. The minimum Gasteiger partial charge on any atom is -0.464 e. The van der Waals surface area contributed by atoms with Crippen LogP contribution in [0.1, 0.15) is 5.56 Å². The number of carbonyl (C=O) groups excluding carboxylic acids is 1. The summed E-state index contributed by atoms with van der Waals surface area (Å²) in [6.07, 6.45) is 0.582. The van der Waals surface area contributed by atoms with E-state index >= 15 is 0 Å². The molecular weight excluding hydrogens is 204 g/mol. The molecule has 0 radical (unpaired) electrons. The van der Waals surface area contributed by atoms with Crippen molar-refractivity contribution in [1.29, 1.82) is 0 Å². The average molecular weight is 220 g/mol. The molecule has 0 aromatic heterocycles. The number of hydrogen-bond acceptors (Lipinski definition) is 4. The van der Waals surface area contributed by atoms with Gasteiger partial charge in [-0.3, -0.25) is 0 Å². The monoisotopic (exact) mass is 220 g/mol. The second-order valence-corrected chi connectivity index (χ2v) is 3.30. The van der Waals surface area contributed by atoms with Gasteiger partial charge in [-0.25, -0.2) is 4.79 Å². The summed E-state index contributed by atoms with van der Waals surface area (Å²) >= 11 is 0. The maximum Gasteiger partial charge on any atom is 0.355 e. The van der Waals surface area contributed by atoms with Gasteiger partial charge in [0.05, 0.1) is 7.11 Å². The average Bonchev–Trinajstić information content (AvgIpc) is 2.35. The van der Waals surface area contributed by atoms with Crippen LogP contribution in [0, 0.1) is 0 Å². The molecule has 1 aromatic carbocycles. The van der Waals surface area contributed by atoms with E-state index in [-0.39, 0.29) is 5.70 Å². The molecule has 0 amide bonds. The van der Waals surface area contributed by atoms with E-state index in [1.165, 1.54) is 7.11 Å². The summed E-state index contributed by atoms with van der Waals surface area (Å²) in [7, 11) is 3.04. The lowest BCUT2D eigenvalue weighted by molar-refractivity contribution is -0.136. The van der Waals surface area contributed by atoms with Crippen molar-refractivity contribution in [2.24, 2.45) is 5.73 Å². The van der Waals surface area contributed by atoms with Crippen LogP contribution in [0.3, 0.4) is 0 Å². The molecule has 0 bridgehead atoms. The molecule has 4 heteroatoms. The second kappa shape index (κ2) is 5.80. The van der Waals surface area contributed by atoms with Gasteiger partial charge in [-0.15, -0.1) is 0 Å². The van der Waals surface area contributed by atoms with E-state index in [0.29, 0.717) is 12.1 Å². The van der Waals surface area contributed by atoms with Crippen LogP contribution >= 0.6 is 0 Å². The summed E-state index contributed by atoms with van der Waals surface area (Å²) in [6.45, 7) is 0. The molecule has 86 valence electrons. The number of likely N-dealkylation sites (N-methyl/N-ethyl adjacent to an activating group) is 1. The van der Waals surface area contributed by atoms with Gasteiger partial charge in [-0.1, -0.05) is 30.3 Å². The molecule has 0 spiro atoms. The largest absolute Gasteiger partial charge is 0.464 e. The molecule has 3 N–H and O–H groups in total. The van der Waals surface area contributed by atoms with Crippen LogP contribution in [0.5, 0.6) is 0 Å². The molecule has 16 heavy (non-hydrogen) atoms. The quantitative estimate of drug-likeness (QED) is 0.581. The van der Waals surface area contributed by atoms with Gasteiger partial charge in [0.2, 0.25) is 0 Å². The van der Waals surface area contributed by atoms with Gasteiger partial charge in [-0.05, 0) is 5.56 Å². The Morgan fingerprint density at radius 1 is 1.38 bits per heavy atom. The summed E-state index contributed by atoms with van der Waals surface area (Å²) in [5, 5.41) is 2.92. The second-order valence-electron chi connectivity index (χ2n) is 3.30. The third-order valence-corrected chi connectivity index (χ3v) is 2.26. The zero-order valence-corrected chi connectivity index (χ0v) is 9.49. The number of ether oxygens (including phenoxy) is 1. The zero-order chi connectivity index (χ0) is 12.0. The molecular formula is C12H16N2O2. The third-order valence-electron chi connectivity index (χ3n) is 2.26. The number of nitrogens with one attached hydrogen (secondary N) is 1. The van der Waals surface area contributed by atoms with Crippen LogP contribution in [0.25, 0.3) is 0 Å². The Hall–Kier alpha value is -1.97. The lowest BCUT2D eigenvalue weighted by atomic mass is 10.1. The Bertz CT molecular complexity index is 385. The number of nitrogens with two attached hydrogens (primary N) is 1. The van der Waals surface area contributed by atoms with Crippen molar-refractivity contribution < 1.29 is 9.53 Å². The van der Waals surface area contributed by atoms with Gasteiger partial charge < -0.3 is 15.8 Å². The number of rotatable bonds is 4. The molecule has 1 rings (SSSR count). The fourth-order valence-corrected chi connectivity index (χ4v) is 1.35. The maximum absolute atomic E-state index is 11.3. The number of hydrogen-bond donors (Lipinski definition) is 2. The molecule has 0 aliphatic carbocycles. The summed E-state index contributed by atoms with van der Waals surface area (Å²) in [5.74, 6) is -0.514. The molecule has 0 saturated carbocycles. The van der Waals surface area contributed by atoms with E-state index in [0.717, 1.165) is 5.56 Å². The third kappa shape index (κ3) is 3.02. The molecule has 0 unspecified atom stereocenters. The van der Waals surface area contributed by atoms with E-state index in [4.69, 9.17) is 5.73 Å². The summed E-state index contributed by atoms with van der Waals surface area (Å²) in [5.41, 5.74) is 7.54. The zero-order valence-electron chi connectivity index (χ0n) is 9.49. The normalized spacial score (nSPS) is 11.6. The van der Waals surface area contributed by atoms with Crippen molar-refractivity contribution in [3.8, 4) is 0 Å². The van der Waals surface area contributed by atoms with Crippen LogP contribution < -0.4 is 11.1 Å². The number of carbonyl (C=O) groups is 1. The Morgan fingerprint density at radius 3 is 2.50 bits per heavy atom. The lowest BCUT2D eigenvalue weighted by Crippen LogP contribution is -2.22. The first-order valence-electron chi connectivity index (χ1n) is 4.97. The van der Waals surface area contributed by atoms with Crippen molar-refractivity contribution in [3.63, 3.8) is 0 Å². The highest BCUT2D eigenvalue weighted by atomic mass is 16.5. The van der Waals surface area contributed by atoms with Crippen LogP contribution in [-0.4, -0.2) is 20.1 Å². The van der Waals surface area contributed by atoms with Gasteiger partial charge >= 0.3 is 5.97 Å². The number of allylic oxidation sites excluding steroid dienone is 1. The number of methoxy groups -OCH3 is 1. The first-order valence-corrected chi connectivity index (χ1v) is 4.97. The van der Waals surface area contributed by atoms with E-state index < -0.39 is 5.97 Å². The Labute approximate surface area is 95.1 Å². The topological polar surface area (TPSA) is 64.3 Å². The van der Waals surface area contributed by atoms with E-state index in [2.05, 4.69) is 10.1 Å². The highest BCUT2D eigenvalue weighted by Gasteiger charge is 2.11. The van der Waals surface area contributed by atoms with Crippen molar-refractivity contribution in [1.82, 2.24) is 5.32 Å². The van der Waals surface area contributed by atoms with Crippen molar-refractivity contribution in [2.45, 2.75) is 6.42 Å². The van der Waals surface area contributed by atoms with Crippen LogP contribution in [0.15, 0.2) is 41.7 Å². The summed E-state index contributed by atoms with van der Waals surface area (Å²) < 4.78 is 4.57. The summed E-state index contributed by atoms with van der Waals surface area (Å²) in [6, 6.07) is 9.77. The van der Waals surface area contributed by atoms with Gasteiger partial charge in [-0.2, -0.15) is 0 Å². The van der Waals surface area contributed by atoms with Crippen molar-refractivity contribution >= 4 is 5.97 Å². The molecule has 0 aliphatic rings. The van der Waals surface area contributed by atoms with Crippen LogP contribution in [-0.2, 0) is 16.0 Å². The van der Waals surface area contributed by atoms with Crippen molar-refractivity contribution in [2.75, 3.05) is 14.2 Å². The minimum atomic E-state index is -0.514. The highest BCUT2D eigenvalue weighted by molar-refractivity contribution is 5.88. The molecule has 0 atom stereocenters. The predicted molar refractivity (Wildman–Crippen MR) is 62.4 cm³/mol. The fraction of sp³-hybridized carbons (Fsp3) is 0.250. The van der Waals surface area contributed by atoms with Gasteiger partial charge in [0, 0.05) is 19.2 Å². The Kier molecular flexibility index (Phi) is 4.39. The molecule has 0 fully saturated rings. The van der Waals surface area contributed by atoms with Gasteiger partial charge in [0.15, 0.2) is 0 Å². The molecule has 0 saturated heterocycles. The number of esters is 1. The summed E-state index contributed by atoms with van der Waals surface area (Å²) in [4.78, 5) is 11.3. The Balaban J connectivity index is 2.88. The van der Waals surface area contributed by atoms with Gasteiger partial charge in [0.1, 0.15) is 5.70 Å². The lowest BCUT2D eigenvalue weighted by Gasteiger charge is -2.10. The van der Waals surface area contributed by atoms with Crippen LogP contribution in [0.4, 0.5) is 0 Å². The fourth-order valence-electron chi connectivity index (χ4n) is 1.35. The smallest absolute Gasteiger partial charge is 0.355 e. The highest BCUT2D eigenvalue weighted by Crippen LogP contribution is 2.07. The molecule has 4 nitrogen and oxygen atoms in total. The van der Waals surface area contributed by atoms with E-state index in [1.807, 2.05) is 30.3 Å². The Morgan fingerprint density at radius 2 is 2.00 bits per heavy atom. The van der Waals surface area contributed by atoms with Gasteiger partial charge in [0.25, 0.3) is 0 Å². The molecule has 0 aliphatic heterocycles. The predicted octanol–water partition coefficient (Wildman–Crippen LogP) is 0.792. The van der Waals surface area contributed by atoms with E-state index in [9.17, 15) is 4.79 Å². The number of benzene rings is 1. The molecule has 1 aromatic rings. The van der Waals surface area contributed by atoms with Crippen molar-refractivity contribution in [3.05, 3.63) is 47.3 Å². The standard InChI is InChI=1S/C12H16N2O2/c1-14-10(11(13)12(15)16-2)8-9-6-4-3-5-7-9/h3-7,14H,8,13H2,1-2H3/b11-10-. The first-order chi connectivity index (χ1) is 7.69. The first kappa shape index (κ1) is 12.1.